The van der Waals surface area contributed by atoms with Gasteiger partial charge < -0.3 is 16.0 Å². The van der Waals surface area contributed by atoms with Crippen LogP contribution in [0.4, 0.5) is 10.5 Å². The van der Waals surface area contributed by atoms with E-state index in [-0.39, 0.29) is 31.2 Å². The first-order chi connectivity index (χ1) is 11.3. The van der Waals surface area contributed by atoms with E-state index in [2.05, 4.69) is 37.2 Å². The standard InChI is InChI=1S/C15H17BrN4O4/c1-8-6-9(16)2-3-10(8)18-13(22)7-17-12(21)5-4-11-14(23)20-15(24)19-11/h2-3,6,11H,4-5,7H2,1H3,(H,17,21)(H,18,22)(H2,19,20,23,24)/t11-/m1/s1. The van der Waals surface area contributed by atoms with Crippen molar-refractivity contribution in [3.63, 3.8) is 0 Å². The van der Waals surface area contributed by atoms with Crippen molar-refractivity contribution in [1.29, 1.82) is 0 Å². The van der Waals surface area contributed by atoms with E-state index in [0.29, 0.717) is 5.69 Å². The van der Waals surface area contributed by atoms with Crippen LogP contribution in [-0.2, 0) is 14.4 Å². The molecule has 1 aliphatic rings. The highest BCUT2D eigenvalue weighted by Crippen LogP contribution is 2.19. The Hall–Kier alpha value is -2.42. The molecule has 8 nitrogen and oxygen atoms in total. The summed E-state index contributed by atoms with van der Waals surface area (Å²) in [5.74, 6) is -1.16. The van der Waals surface area contributed by atoms with Gasteiger partial charge in [0, 0.05) is 16.6 Å². The average molecular weight is 397 g/mol. The highest BCUT2D eigenvalue weighted by atomic mass is 79.9. The van der Waals surface area contributed by atoms with Crippen LogP contribution in [0.3, 0.4) is 0 Å². The van der Waals surface area contributed by atoms with E-state index < -0.39 is 18.0 Å². The summed E-state index contributed by atoms with van der Waals surface area (Å²) in [7, 11) is 0. The Kier molecular flexibility index (Phi) is 5.91. The fourth-order valence-electron chi connectivity index (χ4n) is 2.17. The number of anilines is 1. The molecule has 2 rings (SSSR count). The van der Waals surface area contributed by atoms with E-state index in [0.717, 1.165) is 10.0 Å². The summed E-state index contributed by atoms with van der Waals surface area (Å²) in [6.07, 6.45) is 0.208. The zero-order valence-corrected chi connectivity index (χ0v) is 14.5. The fraction of sp³-hybridized carbons (Fsp3) is 0.333. The van der Waals surface area contributed by atoms with Crippen molar-refractivity contribution in [2.75, 3.05) is 11.9 Å². The summed E-state index contributed by atoms with van der Waals surface area (Å²) in [5, 5.41) is 9.68. The summed E-state index contributed by atoms with van der Waals surface area (Å²) >= 11 is 3.34. The number of benzene rings is 1. The molecule has 1 atom stereocenters. The van der Waals surface area contributed by atoms with Crippen LogP contribution in [-0.4, -0.2) is 36.3 Å². The van der Waals surface area contributed by atoms with E-state index in [4.69, 9.17) is 0 Å². The van der Waals surface area contributed by atoms with Crippen molar-refractivity contribution in [2.45, 2.75) is 25.8 Å². The fourth-order valence-corrected chi connectivity index (χ4v) is 2.64. The molecule has 1 fully saturated rings. The Morgan fingerprint density at radius 3 is 2.62 bits per heavy atom. The summed E-state index contributed by atoms with van der Waals surface area (Å²) in [6, 6.07) is 4.18. The highest BCUT2D eigenvalue weighted by molar-refractivity contribution is 9.10. The molecule has 1 aromatic rings. The molecule has 0 aromatic heterocycles. The van der Waals surface area contributed by atoms with E-state index in [1.54, 1.807) is 6.07 Å². The molecule has 5 amide bonds. The number of nitrogens with one attached hydrogen (secondary N) is 4. The molecule has 24 heavy (non-hydrogen) atoms. The van der Waals surface area contributed by atoms with Crippen LogP contribution in [0.25, 0.3) is 0 Å². The molecule has 0 aliphatic carbocycles. The number of carbonyl (C=O) groups is 4. The highest BCUT2D eigenvalue weighted by Gasteiger charge is 2.29. The van der Waals surface area contributed by atoms with Gasteiger partial charge in [-0.15, -0.1) is 0 Å². The van der Waals surface area contributed by atoms with E-state index in [1.165, 1.54) is 0 Å². The van der Waals surface area contributed by atoms with Crippen molar-refractivity contribution < 1.29 is 19.2 Å². The van der Waals surface area contributed by atoms with E-state index in [9.17, 15) is 19.2 Å². The van der Waals surface area contributed by atoms with Crippen molar-refractivity contribution in [1.82, 2.24) is 16.0 Å². The number of halogens is 1. The predicted molar refractivity (Wildman–Crippen MR) is 90.2 cm³/mol. The molecule has 1 aliphatic heterocycles. The number of hydrogen-bond donors (Lipinski definition) is 4. The lowest BCUT2D eigenvalue weighted by atomic mass is 10.1. The number of hydrogen-bond acceptors (Lipinski definition) is 4. The van der Waals surface area contributed by atoms with Gasteiger partial charge in [-0.3, -0.25) is 19.7 Å². The Labute approximate surface area is 146 Å². The summed E-state index contributed by atoms with van der Waals surface area (Å²) in [6.45, 7) is 1.69. The molecule has 0 saturated carbocycles. The summed E-state index contributed by atoms with van der Waals surface area (Å²) < 4.78 is 0.911. The quantitative estimate of drug-likeness (QED) is 0.532. The minimum Gasteiger partial charge on any atom is -0.347 e. The first kappa shape index (κ1) is 17.9. The molecular formula is C15H17BrN4O4. The molecule has 128 valence electrons. The second-order valence-electron chi connectivity index (χ2n) is 5.34. The van der Waals surface area contributed by atoms with Crippen LogP contribution in [0.1, 0.15) is 18.4 Å². The molecule has 9 heteroatoms. The largest absolute Gasteiger partial charge is 0.347 e. The average Bonchev–Trinajstić information content (AvgIpc) is 2.84. The van der Waals surface area contributed by atoms with Gasteiger partial charge >= 0.3 is 6.03 Å². The maximum atomic E-state index is 11.9. The monoisotopic (exact) mass is 396 g/mol. The third-order valence-electron chi connectivity index (χ3n) is 3.43. The lowest BCUT2D eigenvalue weighted by Gasteiger charge is -2.10. The summed E-state index contributed by atoms with van der Waals surface area (Å²) in [5.41, 5.74) is 1.56. The van der Waals surface area contributed by atoms with Gasteiger partial charge in [0.05, 0.1) is 6.54 Å². The molecule has 1 heterocycles. The normalized spacial score (nSPS) is 16.3. The van der Waals surface area contributed by atoms with Gasteiger partial charge in [-0.2, -0.15) is 0 Å². The number of carbonyl (C=O) groups excluding carboxylic acids is 4. The second-order valence-corrected chi connectivity index (χ2v) is 6.25. The van der Waals surface area contributed by atoms with E-state index >= 15 is 0 Å². The van der Waals surface area contributed by atoms with Gasteiger partial charge in [0.1, 0.15) is 6.04 Å². The molecule has 4 N–H and O–H groups in total. The van der Waals surface area contributed by atoms with Gasteiger partial charge in [0.15, 0.2) is 0 Å². The summed E-state index contributed by atoms with van der Waals surface area (Å²) in [4.78, 5) is 45.8. The number of rotatable bonds is 6. The Morgan fingerprint density at radius 1 is 1.25 bits per heavy atom. The van der Waals surface area contributed by atoms with Gasteiger partial charge in [-0.05, 0) is 37.1 Å². The maximum Gasteiger partial charge on any atom is 0.322 e. The first-order valence-corrected chi connectivity index (χ1v) is 8.08. The van der Waals surface area contributed by atoms with Gasteiger partial charge in [-0.25, -0.2) is 4.79 Å². The molecule has 1 aromatic carbocycles. The van der Waals surface area contributed by atoms with Crippen molar-refractivity contribution in [3.8, 4) is 0 Å². The molecule has 0 unspecified atom stereocenters. The van der Waals surface area contributed by atoms with Crippen LogP contribution < -0.4 is 21.3 Å². The number of amides is 5. The maximum absolute atomic E-state index is 11.9. The van der Waals surface area contributed by atoms with Crippen LogP contribution in [0.2, 0.25) is 0 Å². The zero-order chi connectivity index (χ0) is 17.7. The molecule has 0 radical (unpaired) electrons. The second kappa shape index (κ2) is 7.91. The Balaban J connectivity index is 1.72. The van der Waals surface area contributed by atoms with Crippen LogP contribution in [0.15, 0.2) is 22.7 Å². The molecule has 0 spiro atoms. The van der Waals surface area contributed by atoms with Crippen molar-refractivity contribution >= 4 is 45.4 Å². The molecule has 1 saturated heterocycles. The van der Waals surface area contributed by atoms with Crippen molar-refractivity contribution in [3.05, 3.63) is 28.2 Å². The lowest BCUT2D eigenvalue weighted by molar-refractivity contribution is -0.124. The Morgan fingerprint density at radius 2 is 2.00 bits per heavy atom. The smallest absolute Gasteiger partial charge is 0.322 e. The first-order valence-electron chi connectivity index (χ1n) is 7.29. The number of urea groups is 1. The van der Waals surface area contributed by atoms with E-state index in [1.807, 2.05) is 19.1 Å². The predicted octanol–water partition coefficient (Wildman–Crippen LogP) is 0.800. The third-order valence-corrected chi connectivity index (χ3v) is 3.92. The number of aryl methyl sites for hydroxylation is 1. The number of imide groups is 1. The zero-order valence-electron chi connectivity index (χ0n) is 12.9. The van der Waals surface area contributed by atoms with Crippen LogP contribution in [0.5, 0.6) is 0 Å². The van der Waals surface area contributed by atoms with Crippen LogP contribution in [0, 0.1) is 6.92 Å². The van der Waals surface area contributed by atoms with Gasteiger partial charge in [0.25, 0.3) is 5.91 Å². The molecule has 0 bridgehead atoms. The van der Waals surface area contributed by atoms with Crippen molar-refractivity contribution in [2.24, 2.45) is 0 Å². The van der Waals surface area contributed by atoms with Crippen LogP contribution >= 0.6 is 15.9 Å². The minimum absolute atomic E-state index is 0.0307. The lowest BCUT2D eigenvalue weighted by Crippen LogP contribution is -2.35. The topological polar surface area (TPSA) is 116 Å². The SMILES string of the molecule is Cc1cc(Br)ccc1NC(=O)CNC(=O)CC[C@H]1NC(=O)NC1=O. The molecular weight excluding hydrogens is 380 g/mol. The van der Waals surface area contributed by atoms with Gasteiger partial charge in [0.2, 0.25) is 11.8 Å². The van der Waals surface area contributed by atoms with Gasteiger partial charge in [-0.1, -0.05) is 15.9 Å². The Bertz CT molecular complexity index is 692. The minimum atomic E-state index is -0.706. The third kappa shape index (κ3) is 5.05.